The third-order valence-corrected chi connectivity index (χ3v) is 8.73. The van der Waals surface area contributed by atoms with Crippen molar-refractivity contribution in [3.63, 3.8) is 0 Å². The molecule has 1 aliphatic carbocycles. The van der Waals surface area contributed by atoms with Gasteiger partial charge in [0.1, 0.15) is 17.3 Å². The van der Waals surface area contributed by atoms with Crippen LogP contribution in [0.4, 0.5) is 11.6 Å². The van der Waals surface area contributed by atoms with E-state index < -0.39 is 0 Å². The highest BCUT2D eigenvalue weighted by Crippen LogP contribution is 2.35. The van der Waals surface area contributed by atoms with Gasteiger partial charge in [0.15, 0.2) is 17.1 Å². The van der Waals surface area contributed by atoms with E-state index in [1.165, 1.54) is 25.7 Å². The van der Waals surface area contributed by atoms with Crippen LogP contribution in [0.5, 0.6) is 5.75 Å². The maximum atomic E-state index is 12.9. The van der Waals surface area contributed by atoms with Crippen LogP contribution in [-0.4, -0.2) is 42.8 Å². The molecule has 0 unspecified atom stereocenters. The van der Waals surface area contributed by atoms with Gasteiger partial charge in [-0.05, 0) is 69.4 Å². The minimum Gasteiger partial charge on any atom is -0.507 e. The number of aliphatic imine (C=N–C) groups is 1. The molecule has 240 valence electrons. The van der Waals surface area contributed by atoms with Gasteiger partial charge in [-0.1, -0.05) is 51.3 Å². The molecule has 1 aliphatic heterocycles. The number of ketones is 1. The molecule has 8 heteroatoms. The molecule has 1 saturated carbocycles. The van der Waals surface area contributed by atoms with E-state index in [0.717, 1.165) is 49.5 Å². The average molecular weight is 613 g/mol. The molecule has 1 saturated heterocycles. The number of hydrogen-bond acceptors (Lipinski definition) is 8. The normalized spacial score (nSPS) is 17.1. The Morgan fingerprint density at radius 3 is 2.51 bits per heavy atom. The van der Waals surface area contributed by atoms with Crippen molar-refractivity contribution in [2.75, 3.05) is 36.4 Å². The monoisotopic (exact) mass is 612 g/mol. The number of nitrogens with zero attached hydrogens (tertiary/aromatic N) is 2. The first-order chi connectivity index (χ1) is 21.6. The molecule has 0 spiro atoms. The maximum absolute atomic E-state index is 12.9. The fourth-order valence-corrected chi connectivity index (χ4v) is 6.14. The number of hydrogen-bond donors (Lipinski definition) is 3. The Morgan fingerprint density at radius 2 is 1.89 bits per heavy atom. The molecule has 0 radical (unpaired) electrons. The van der Waals surface area contributed by atoms with Gasteiger partial charge in [-0.25, -0.2) is 4.99 Å². The number of aromatic hydroxyl groups is 1. The second-order valence-corrected chi connectivity index (χ2v) is 11.9. The zero-order valence-electron chi connectivity index (χ0n) is 27.5. The third kappa shape index (κ3) is 8.51. The summed E-state index contributed by atoms with van der Waals surface area (Å²) in [6.45, 7) is 16.6. The summed E-state index contributed by atoms with van der Waals surface area (Å²) >= 11 is 0. The number of carbonyl (C=O) groups is 1. The molecule has 2 fully saturated rings. The summed E-state index contributed by atoms with van der Waals surface area (Å²) in [6.07, 6.45) is 12.0. The number of piperazine rings is 1. The van der Waals surface area contributed by atoms with Crippen LogP contribution in [0.1, 0.15) is 83.1 Å². The Labute approximate surface area is 267 Å². The van der Waals surface area contributed by atoms with Gasteiger partial charge >= 0.3 is 0 Å². The SMILES string of the molecule is C=C(\N=C(C)/C(=C\C)/C=C(\CC1CCCC1)C(=O)CC)Nc1ccc(/C(=C/C)c2oc(N3CCNCC3)cc(=O)c2C)c(O)c1. The summed E-state index contributed by atoms with van der Waals surface area (Å²) in [4.78, 5) is 32.4. The molecule has 1 aromatic carbocycles. The van der Waals surface area contributed by atoms with Gasteiger partial charge in [-0.2, -0.15) is 0 Å². The lowest BCUT2D eigenvalue weighted by molar-refractivity contribution is -0.115. The predicted molar refractivity (Wildman–Crippen MR) is 185 cm³/mol. The fraction of sp³-hybridized carbons (Fsp3) is 0.432. The van der Waals surface area contributed by atoms with Gasteiger partial charge in [0.25, 0.3) is 0 Å². The molecule has 2 aliphatic rings. The number of Topliss-reactive ketones (excluding diaryl/α,β-unsaturated/α-hetero) is 1. The Balaban J connectivity index is 1.52. The van der Waals surface area contributed by atoms with E-state index in [4.69, 9.17) is 4.42 Å². The molecule has 2 heterocycles. The number of carbonyl (C=O) groups excluding carboxylic acids is 1. The van der Waals surface area contributed by atoms with Crippen molar-refractivity contribution in [2.45, 2.75) is 73.1 Å². The quantitative estimate of drug-likeness (QED) is 0.131. The summed E-state index contributed by atoms with van der Waals surface area (Å²) in [5, 5.41) is 17.6. The first kappa shape index (κ1) is 33.7. The standard InChI is InChI=1S/C37H48N4O4/c1-7-28(21-29(33(42)9-3)20-27-12-10-11-13-27)25(5)39-26(6)40-30-14-15-32(35(44)22-30)31(8-2)37-24(4)34(43)23-36(45-37)41-18-16-38-17-19-41/h7-8,14-15,21-23,27,38,40,44H,6,9-13,16-20H2,1-5H3/b28-7-,29-21+,31-8-,39-25-. The number of nitrogens with one attached hydrogen (secondary N) is 2. The zero-order valence-corrected chi connectivity index (χ0v) is 27.5. The van der Waals surface area contributed by atoms with E-state index in [-0.39, 0.29) is 17.0 Å². The van der Waals surface area contributed by atoms with Gasteiger partial charge in [0.05, 0.1) is 0 Å². The Bertz CT molecular complexity index is 1580. The van der Waals surface area contributed by atoms with Crippen LogP contribution in [0.15, 0.2) is 80.2 Å². The molecule has 1 aromatic heterocycles. The van der Waals surface area contributed by atoms with Crippen molar-refractivity contribution in [3.8, 4) is 5.75 Å². The van der Waals surface area contributed by atoms with Crippen molar-refractivity contribution in [1.29, 1.82) is 0 Å². The highest BCUT2D eigenvalue weighted by Gasteiger charge is 2.22. The Hall–Kier alpha value is -4.17. The summed E-state index contributed by atoms with van der Waals surface area (Å²) in [6, 6.07) is 6.78. The highest BCUT2D eigenvalue weighted by atomic mass is 16.4. The first-order valence-corrected chi connectivity index (χ1v) is 16.2. The number of anilines is 2. The van der Waals surface area contributed by atoms with Crippen LogP contribution >= 0.6 is 0 Å². The van der Waals surface area contributed by atoms with Gasteiger partial charge in [-0.3, -0.25) is 9.59 Å². The van der Waals surface area contributed by atoms with Crippen LogP contribution in [0.3, 0.4) is 0 Å². The highest BCUT2D eigenvalue weighted by molar-refractivity contribution is 6.04. The van der Waals surface area contributed by atoms with Gasteiger partial charge in [0, 0.05) is 72.8 Å². The van der Waals surface area contributed by atoms with Gasteiger partial charge < -0.3 is 25.1 Å². The summed E-state index contributed by atoms with van der Waals surface area (Å²) in [5.74, 6) is 2.18. The smallest absolute Gasteiger partial charge is 0.200 e. The van der Waals surface area contributed by atoms with E-state index >= 15 is 0 Å². The summed E-state index contributed by atoms with van der Waals surface area (Å²) in [5.41, 5.74) is 4.69. The van der Waals surface area contributed by atoms with E-state index in [2.05, 4.69) is 27.1 Å². The number of phenolic OH excluding ortho intramolecular Hbond substituents is 1. The lowest BCUT2D eigenvalue weighted by Crippen LogP contribution is -2.43. The molecule has 0 bridgehead atoms. The lowest BCUT2D eigenvalue weighted by atomic mass is 9.92. The van der Waals surface area contributed by atoms with E-state index in [9.17, 15) is 14.7 Å². The molecule has 3 N–H and O–H groups in total. The van der Waals surface area contributed by atoms with Crippen LogP contribution < -0.4 is 21.0 Å². The Morgan fingerprint density at radius 1 is 1.18 bits per heavy atom. The van der Waals surface area contributed by atoms with Crippen molar-refractivity contribution in [2.24, 2.45) is 10.9 Å². The molecular weight excluding hydrogens is 564 g/mol. The van der Waals surface area contributed by atoms with Crippen molar-refractivity contribution in [1.82, 2.24) is 5.32 Å². The van der Waals surface area contributed by atoms with Crippen LogP contribution in [0, 0.1) is 12.8 Å². The molecule has 45 heavy (non-hydrogen) atoms. The largest absolute Gasteiger partial charge is 0.507 e. The second-order valence-electron chi connectivity index (χ2n) is 11.9. The number of benzene rings is 1. The third-order valence-electron chi connectivity index (χ3n) is 8.73. The minimum absolute atomic E-state index is 0.0305. The maximum Gasteiger partial charge on any atom is 0.200 e. The van der Waals surface area contributed by atoms with Crippen molar-refractivity contribution < 1.29 is 14.3 Å². The van der Waals surface area contributed by atoms with E-state index in [1.807, 2.05) is 52.0 Å². The molecule has 8 nitrogen and oxygen atoms in total. The summed E-state index contributed by atoms with van der Waals surface area (Å²) < 4.78 is 6.29. The first-order valence-electron chi connectivity index (χ1n) is 16.2. The zero-order chi connectivity index (χ0) is 32.5. The predicted octanol–water partition coefficient (Wildman–Crippen LogP) is 7.29. The molecule has 0 amide bonds. The van der Waals surface area contributed by atoms with Crippen LogP contribution in [0.25, 0.3) is 5.57 Å². The molecule has 0 atom stereocenters. The number of phenols is 1. The fourth-order valence-electron chi connectivity index (χ4n) is 6.14. The molecule has 4 rings (SSSR count). The Kier molecular flexibility index (Phi) is 11.8. The van der Waals surface area contributed by atoms with Crippen LogP contribution in [0.2, 0.25) is 0 Å². The minimum atomic E-state index is -0.105. The number of allylic oxidation sites excluding steroid dienone is 5. The van der Waals surface area contributed by atoms with Gasteiger partial charge in [-0.15, -0.1) is 0 Å². The van der Waals surface area contributed by atoms with E-state index in [0.29, 0.717) is 52.2 Å². The average Bonchev–Trinajstić information content (AvgIpc) is 3.55. The van der Waals surface area contributed by atoms with Gasteiger partial charge in [0.2, 0.25) is 0 Å². The lowest BCUT2D eigenvalue weighted by Gasteiger charge is -2.28. The van der Waals surface area contributed by atoms with Crippen molar-refractivity contribution in [3.05, 3.63) is 93.2 Å². The molecular formula is C37H48N4O4. The summed E-state index contributed by atoms with van der Waals surface area (Å²) in [7, 11) is 0. The van der Waals surface area contributed by atoms with Crippen molar-refractivity contribution >= 4 is 28.6 Å². The number of rotatable bonds is 12. The van der Waals surface area contributed by atoms with E-state index in [1.54, 1.807) is 25.1 Å². The second kappa shape index (κ2) is 15.7. The molecule has 2 aromatic rings. The van der Waals surface area contributed by atoms with Crippen LogP contribution in [-0.2, 0) is 4.79 Å². The topological polar surface area (TPSA) is 107 Å².